The minimum absolute atomic E-state index is 1.06. The van der Waals surface area contributed by atoms with Gasteiger partial charge >= 0.3 is 0 Å². The molecular weight excluding hydrogens is 477 g/mol. The largest absolute Gasteiger partial charge is 0.245 e. The van der Waals surface area contributed by atoms with Crippen molar-refractivity contribution in [2.24, 2.45) is 0 Å². The van der Waals surface area contributed by atoms with Crippen LogP contribution in [0.1, 0.15) is 0 Å². The summed E-state index contributed by atoms with van der Waals surface area (Å²) in [5.41, 5.74) is 11.0. The number of hydrogen-bond acceptors (Lipinski definition) is 4. The molecule has 0 N–H and O–H groups in total. The Labute approximate surface area is 215 Å². The van der Waals surface area contributed by atoms with Crippen LogP contribution >= 0.6 is 22.7 Å². The van der Waals surface area contributed by atoms with Gasteiger partial charge in [0, 0.05) is 11.1 Å². The first-order chi connectivity index (χ1) is 17.8. The summed E-state index contributed by atoms with van der Waals surface area (Å²) < 4.78 is 2.47. The van der Waals surface area contributed by atoms with E-state index in [1.165, 1.54) is 64.0 Å². The Balaban J connectivity index is 1.52. The number of aromatic nitrogens is 2. The van der Waals surface area contributed by atoms with E-state index in [0.717, 1.165) is 11.0 Å². The number of fused-ring (bicyclic) bond motifs is 7. The maximum atomic E-state index is 4.58. The summed E-state index contributed by atoms with van der Waals surface area (Å²) in [6, 6.07) is 35.4. The number of hydrogen-bond donors (Lipinski definition) is 0. The molecule has 2 heterocycles. The standard InChI is InChI=1S/C32H18N2S2/c1-2-6-22-19(5-1)13-14-24-27(25-8-4-10-29-32(25)36-18-34-29)16-21-12-11-20(15-26(21)30(22)24)23-7-3-9-28-31(23)35-17-33-28/h1-18H. The Hall–Kier alpha value is -4.12. The van der Waals surface area contributed by atoms with E-state index < -0.39 is 0 Å². The third-order valence-corrected chi connectivity index (χ3v) is 8.91. The Morgan fingerprint density at radius 1 is 0.472 bits per heavy atom. The Bertz CT molecular complexity index is 2120. The van der Waals surface area contributed by atoms with Crippen molar-refractivity contribution in [2.45, 2.75) is 0 Å². The average Bonchev–Trinajstić information content (AvgIpc) is 3.61. The molecule has 2 aromatic heterocycles. The number of nitrogens with zero attached hydrogens (tertiary/aromatic N) is 2. The molecule has 0 unspecified atom stereocenters. The molecule has 36 heavy (non-hydrogen) atoms. The number of rotatable bonds is 2. The molecule has 0 aliphatic heterocycles. The lowest BCUT2D eigenvalue weighted by atomic mass is 9.89. The van der Waals surface area contributed by atoms with E-state index in [0.29, 0.717) is 0 Å². The minimum atomic E-state index is 1.06. The van der Waals surface area contributed by atoms with Gasteiger partial charge in [0.05, 0.1) is 31.5 Å². The van der Waals surface area contributed by atoms with E-state index in [9.17, 15) is 0 Å². The third-order valence-electron chi connectivity index (χ3n) is 7.16. The van der Waals surface area contributed by atoms with Gasteiger partial charge in [0.25, 0.3) is 0 Å². The molecule has 6 aromatic carbocycles. The van der Waals surface area contributed by atoms with Crippen molar-refractivity contribution in [1.29, 1.82) is 0 Å². The average molecular weight is 495 g/mol. The summed E-state index contributed by atoms with van der Waals surface area (Å²) in [4.78, 5) is 9.12. The van der Waals surface area contributed by atoms with Crippen molar-refractivity contribution in [3.05, 3.63) is 108 Å². The smallest absolute Gasteiger partial charge is 0.0818 e. The molecule has 0 bridgehead atoms. The molecule has 0 aliphatic carbocycles. The lowest BCUT2D eigenvalue weighted by Gasteiger charge is -2.15. The van der Waals surface area contributed by atoms with Gasteiger partial charge in [0.2, 0.25) is 0 Å². The van der Waals surface area contributed by atoms with Crippen molar-refractivity contribution >= 4 is 75.4 Å². The van der Waals surface area contributed by atoms with Crippen molar-refractivity contribution in [3.63, 3.8) is 0 Å². The van der Waals surface area contributed by atoms with E-state index in [2.05, 4.69) is 107 Å². The molecule has 0 saturated carbocycles. The molecule has 8 rings (SSSR count). The second-order valence-corrected chi connectivity index (χ2v) is 10.8. The quantitative estimate of drug-likeness (QED) is 0.224. The van der Waals surface area contributed by atoms with Crippen LogP contribution in [0.5, 0.6) is 0 Å². The first kappa shape index (κ1) is 20.1. The summed E-state index contributed by atoms with van der Waals surface area (Å²) in [5, 5.41) is 7.65. The predicted octanol–water partition coefficient (Wildman–Crippen LogP) is 9.70. The summed E-state index contributed by atoms with van der Waals surface area (Å²) in [6.45, 7) is 0. The van der Waals surface area contributed by atoms with E-state index in [1.807, 2.05) is 11.0 Å². The van der Waals surface area contributed by atoms with E-state index in [4.69, 9.17) is 0 Å². The normalized spacial score (nSPS) is 11.9. The Morgan fingerprint density at radius 2 is 1.19 bits per heavy atom. The van der Waals surface area contributed by atoms with Gasteiger partial charge in [0.1, 0.15) is 0 Å². The molecule has 0 atom stereocenters. The molecule has 0 saturated heterocycles. The topological polar surface area (TPSA) is 25.8 Å². The molecule has 8 aromatic rings. The molecule has 0 fully saturated rings. The fraction of sp³-hybridized carbons (Fsp3) is 0. The summed E-state index contributed by atoms with van der Waals surface area (Å²) in [7, 11) is 0. The highest BCUT2D eigenvalue weighted by molar-refractivity contribution is 7.17. The zero-order chi connectivity index (χ0) is 23.6. The van der Waals surface area contributed by atoms with Crippen LogP contribution in [0.4, 0.5) is 0 Å². The zero-order valence-corrected chi connectivity index (χ0v) is 20.7. The van der Waals surface area contributed by atoms with Crippen molar-refractivity contribution in [3.8, 4) is 22.3 Å². The summed E-state index contributed by atoms with van der Waals surface area (Å²) in [6.07, 6.45) is 0. The van der Waals surface area contributed by atoms with Gasteiger partial charge < -0.3 is 0 Å². The van der Waals surface area contributed by atoms with Gasteiger partial charge in [0.15, 0.2) is 0 Å². The van der Waals surface area contributed by atoms with E-state index in [1.54, 1.807) is 22.7 Å². The monoisotopic (exact) mass is 494 g/mol. The van der Waals surface area contributed by atoms with Gasteiger partial charge in [-0.05, 0) is 67.7 Å². The van der Waals surface area contributed by atoms with Gasteiger partial charge in [-0.3, -0.25) is 0 Å². The number of benzene rings is 6. The predicted molar refractivity (Wildman–Crippen MR) is 156 cm³/mol. The van der Waals surface area contributed by atoms with Crippen LogP contribution in [-0.2, 0) is 0 Å². The second kappa shape index (κ2) is 7.69. The third kappa shape index (κ3) is 2.89. The lowest BCUT2D eigenvalue weighted by molar-refractivity contribution is 1.50. The second-order valence-electron chi connectivity index (χ2n) is 9.08. The highest BCUT2D eigenvalue weighted by Gasteiger charge is 2.15. The Kier molecular flexibility index (Phi) is 4.30. The number of thiazole rings is 2. The van der Waals surface area contributed by atoms with Gasteiger partial charge in [-0.15, -0.1) is 22.7 Å². The Morgan fingerprint density at radius 3 is 2.03 bits per heavy atom. The highest BCUT2D eigenvalue weighted by atomic mass is 32.1. The highest BCUT2D eigenvalue weighted by Crippen LogP contribution is 2.43. The van der Waals surface area contributed by atoms with Crippen molar-refractivity contribution in [1.82, 2.24) is 9.97 Å². The van der Waals surface area contributed by atoms with Gasteiger partial charge in [-0.2, -0.15) is 0 Å². The fourth-order valence-electron chi connectivity index (χ4n) is 5.52. The van der Waals surface area contributed by atoms with Crippen LogP contribution in [0.2, 0.25) is 0 Å². The summed E-state index contributed by atoms with van der Waals surface area (Å²) >= 11 is 3.42. The zero-order valence-electron chi connectivity index (χ0n) is 19.1. The van der Waals surface area contributed by atoms with Crippen molar-refractivity contribution in [2.75, 3.05) is 0 Å². The first-order valence-corrected chi connectivity index (χ1v) is 13.6. The maximum Gasteiger partial charge on any atom is 0.0818 e. The molecule has 0 aliphatic rings. The molecule has 0 radical (unpaired) electrons. The van der Waals surface area contributed by atoms with Crippen LogP contribution in [0.15, 0.2) is 108 Å². The van der Waals surface area contributed by atoms with E-state index >= 15 is 0 Å². The molecule has 168 valence electrons. The molecule has 0 spiro atoms. The molecule has 0 amide bonds. The van der Waals surface area contributed by atoms with Crippen LogP contribution < -0.4 is 0 Å². The first-order valence-electron chi connectivity index (χ1n) is 11.9. The minimum Gasteiger partial charge on any atom is -0.245 e. The van der Waals surface area contributed by atoms with Crippen LogP contribution in [0.3, 0.4) is 0 Å². The van der Waals surface area contributed by atoms with E-state index in [-0.39, 0.29) is 0 Å². The fourth-order valence-corrected chi connectivity index (χ4v) is 7.16. The van der Waals surface area contributed by atoms with Crippen molar-refractivity contribution < 1.29 is 0 Å². The van der Waals surface area contributed by atoms with Gasteiger partial charge in [-0.25, -0.2) is 9.97 Å². The van der Waals surface area contributed by atoms with Gasteiger partial charge in [-0.1, -0.05) is 72.8 Å². The molecular formula is C32H18N2S2. The van der Waals surface area contributed by atoms with Crippen LogP contribution in [-0.4, -0.2) is 9.97 Å². The van der Waals surface area contributed by atoms with Crippen LogP contribution in [0, 0.1) is 0 Å². The lowest BCUT2D eigenvalue weighted by Crippen LogP contribution is -1.88. The van der Waals surface area contributed by atoms with Crippen LogP contribution in [0.25, 0.3) is 75.0 Å². The molecule has 2 nitrogen and oxygen atoms in total. The SMILES string of the molecule is c1ccc2c(c1)ccc1c(-c3cccc4ncsc34)cc3ccc(-c4cccc5ncsc45)cc3c12. The summed E-state index contributed by atoms with van der Waals surface area (Å²) in [5.74, 6) is 0. The maximum absolute atomic E-state index is 4.58. The molecule has 4 heteroatoms.